The van der Waals surface area contributed by atoms with Gasteiger partial charge in [0.1, 0.15) is 11.7 Å². The van der Waals surface area contributed by atoms with Gasteiger partial charge >= 0.3 is 14.0 Å². The molecule has 2 unspecified atom stereocenters. The summed E-state index contributed by atoms with van der Waals surface area (Å²) in [6.07, 6.45) is 2.17. The highest BCUT2D eigenvalue weighted by atomic mass is 31.2. The molecule has 0 aromatic heterocycles. The van der Waals surface area contributed by atoms with Crippen LogP contribution in [0, 0.1) is 17.8 Å². The first kappa shape index (κ1) is 30.1. The number of alkyl halides is 3. The number of phosphoric ester groups is 1. The zero-order valence-corrected chi connectivity index (χ0v) is 20.6. The molecule has 0 fully saturated rings. The molecule has 1 aliphatic rings. The number of aliphatic hydroxyl groups excluding tert-OH is 1. The Bertz CT molecular complexity index is 707. The molecule has 33 heavy (non-hydrogen) atoms. The van der Waals surface area contributed by atoms with E-state index in [1.54, 1.807) is 6.08 Å². The van der Waals surface area contributed by atoms with Gasteiger partial charge in [0.15, 0.2) is 0 Å². The number of aliphatic hydroxyl groups is 1. The summed E-state index contributed by atoms with van der Waals surface area (Å²) in [5.41, 5.74) is 4.89. The molecule has 194 valence electrons. The largest absolute Gasteiger partial charge is 0.497 e. The number of halogens is 3. The maximum absolute atomic E-state index is 13.7. The Hall–Kier alpha value is -0.900. The van der Waals surface area contributed by atoms with Crippen molar-refractivity contribution in [2.75, 3.05) is 19.8 Å². The van der Waals surface area contributed by atoms with E-state index >= 15 is 0 Å². The first-order chi connectivity index (χ1) is 15.1. The molecule has 3 atom stereocenters. The standard InChI is InChI=1S/C22H39F3NO6P/c1-16(2)5-4-6-17(3)10-12-31-20-8-7-18(13-19(20)22(23,24)25)9-11-21(26,14-27)15-32-33(28,29)30/h7-8,16-17,19,27H,4-6,9-15,26H2,1-3H3,(H2,28,29,30)/t17-,19?,21?/m0/s1. The van der Waals surface area contributed by atoms with E-state index in [1.165, 1.54) is 6.08 Å². The van der Waals surface area contributed by atoms with Gasteiger partial charge in [-0.3, -0.25) is 4.52 Å². The quantitative estimate of drug-likeness (QED) is 0.237. The van der Waals surface area contributed by atoms with E-state index in [0.29, 0.717) is 23.8 Å². The average Bonchev–Trinajstić information content (AvgIpc) is 2.70. The Morgan fingerprint density at radius 2 is 1.85 bits per heavy atom. The molecule has 0 bridgehead atoms. The molecule has 11 heteroatoms. The lowest BCUT2D eigenvalue weighted by atomic mass is 9.86. The zero-order chi connectivity index (χ0) is 25.3. The topological polar surface area (TPSA) is 122 Å². The molecule has 0 spiro atoms. The van der Waals surface area contributed by atoms with E-state index in [-0.39, 0.29) is 31.6 Å². The van der Waals surface area contributed by atoms with Crippen LogP contribution in [0.4, 0.5) is 13.2 Å². The third-order valence-corrected chi connectivity index (χ3v) is 6.29. The summed E-state index contributed by atoms with van der Waals surface area (Å²) in [5.74, 6) is -0.863. The monoisotopic (exact) mass is 501 g/mol. The van der Waals surface area contributed by atoms with Gasteiger partial charge in [0.25, 0.3) is 0 Å². The van der Waals surface area contributed by atoms with Crippen LogP contribution in [-0.2, 0) is 13.8 Å². The van der Waals surface area contributed by atoms with Crippen molar-refractivity contribution >= 4 is 7.82 Å². The highest BCUT2D eigenvalue weighted by Gasteiger charge is 2.44. The summed E-state index contributed by atoms with van der Waals surface area (Å²) in [6.45, 7) is 5.37. The van der Waals surface area contributed by atoms with Gasteiger partial charge in [0.05, 0.1) is 25.4 Å². The maximum atomic E-state index is 13.7. The molecular weight excluding hydrogens is 462 g/mol. The van der Waals surface area contributed by atoms with E-state index in [2.05, 4.69) is 25.3 Å². The normalized spacial score (nSPS) is 20.3. The third kappa shape index (κ3) is 12.4. The predicted molar refractivity (Wildman–Crippen MR) is 120 cm³/mol. The minimum Gasteiger partial charge on any atom is -0.497 e. The zero-order valence-electron chi connectivity index (χ0n) is 19.7. The van der Waals surface area contributed by atoms with Gasteiger partial charge in [0.2, 0.25) is 0 Å². The van der Waals surface area contributed by atoms with Crippen LogP contribution in [0.5, 0.6) is 0 Å². The van der Waals surface area contributed by atoms with Crippen molar-refractivity contribution in [3.8, 4) is 0 Å². The number of rotatable bonds is 15. The Morgan fingerprint density at radius 3 is 2.39 bits per heavy atom. The Kier molecular flexibility index (Phi) is 12.1. The highest BCUT2D eigenvalue weighted by molar-refractivity contribution is 7.46. The fraction of sp³-hybridized carbons (Fsp3) is 0.818. The maximum Gasteiger partial charge on any atom is 0.469 e. The summed E-state index contributed by atoms with van der Waals surface area (Å²) in [7, 11) is -4.78. The number of phosphoric acid groups is 1. The molecule has 7 nitrogen and oxygen atoms in total. The Balaban J connectivity index is 2.68. The lowest BCUT2D eigenvalue weighted by Crippen LogP contribution is -2.48. The van der Waals surface area contributed by atoms with Crippen LogP contribution in [0.2, 0.25) is 0 Å². The summed E-state index contributed by atoms with van der Waals surface area (Å²) < 4.78 is 61.8. The number of allylic oxidation sites excluding steroid dienone is 4. The van der Waals surface area contributed by atoms with Gasteiger partial charge in [0, 0.05) is 0 Å². The van der Waals surface area contributed by atoms with Crippen LogP contribution in [-0.4, -0.2) is 46.4 Å². The van der Waals surface area contributed by atoms with Crippen molar-refractivity contribution < 1.29 is 41.9 Å². The highest BCUT2D eigenvalue weighted by Crippen LogP contribution is 2.41. The summed E-state index contributed by atoms with van der Waals surface area (Å²) in [5, 5.41) is 9.47. The Labute approximate surface area is 194 Å². The number of nitrogens with two attached hydrogens (primary N) is 1. The first-order valence-corrected chi connectivity index (χ1v) is 12.9. The third-order valence-electron chi connectivity index (χ3n) is 5.83. The molecular formula is C22H39F3NO6P. The predicted octanol–water partition coefficient (Wildman–Crippen LogP) is 4.83. The van der Waals surface area contributed by atoms with Crippen LogP contribution >= 0.6 is 7.82 Å². The summed E-state index contributed by atoms with van der Waals surface area (Å²) in [4.78, 5) is 17.6. The second-order valence-electron chi connectivity index (χ2n) is 9.54. The van der Waals surface area contributed by atoms with Crippen molar-refractivity contribution in [2.45, 2.75) is 77.4 Å². The fourth-order valence-electron chi connectivity index (χ4n) is 3.57. The molecule has 1 rings (SSSR count). The molecule has 5 N–H and O–H groups in total. The van der Waals surface area contributed by atoms with Crippen LogP contribution in [0.3, 0.4) is 0 Å². The van der Waals surface area contributed by atoms with Crippen molar-refractivity contribution in [3.63, 3.8) is 0 Å². The minimum absolute atomic E-state index is 0.00215. The number of hydrogen-bond acceptors (Lipinski definition) is 5. The van der Waals surface area contributed by atoms with Gasteiger partial charge < -0.3 is 25.4 Å². The molecule has 0 saturated carbocycles. The summed E-state index contributed by atoms with van der Waals surface area (Å²) in [6, 6.07) is 0. The van der Waals surface area contributed by atoms with Crippen molar-refractivity contribution in [1.82, 2.24) is 0 Å². The first-order valence-electron chi connectivity index (χ1n) is 11.3. The number of ether oxygens (including phenoxy) is 1. The van der Waals surface area contributed by atoms with E-state index < -0.39 is 38.7 Å². The van der Waals surface area contributed by atoms with Crippen molar-refractivity contribution in [3.05, 3.63) is 23.5 Å². The number of hydrogen-bond donors (Lipinski definition) is 4. The van der Waals surface area contributed by atoms with Gasteiger partial charge in [-0.05, 0) is 43.6 Å². The minimum atomic E-state index is -4.78. The molecule has 0 amide bonds. The van der Waals surface area contributed by atoms with Crippen molar-refractivity contribution in [1.29, 1.82) is 0 Å². The molecule has 0 saturated heterocycles. The van der Waals surface area contributed by atoms with Crippen LogP contribution < -0.4 is 5.73 Å². The second-order valence-corrected chi connectivity index (χ2v) is 10.8. The van der Waals surface area contributed by atoms with Gasteiger partial charge in [-0.25, -0.2) is 4.57 Å². The SMILES string of the molecule is CC(C)CCC[C@H](C)CCOC1=CC=C(CCC(N)(CO)COP(=O)(O)O)CC1C(F)(F)F. The molecule has 0 aromatic rings. The molecule has 0 aromatic carbocycles. The molecule has 0 aliphatic heterocycles. The van der Waals surface area contributed by atoms with Gasteiger partial charge in [-0.1, -0.05) is 51.7 Å². The van der Waals surface area contributed by atoms with Crippen molar-refractivity contribution in [2.24, 2.45) is 23.5 Å². The lowest BCUT2D eigenvalue weighted by Gasteiger charge is -2.30. The van der Waals surface area contributed by atoms with E-state index in [0.717, 1.165) is 19.3 Å². The van der Waals surface area contributed by atoms with E-state index in [1.807, 2.05) is 0 Å². The smallest absolute Gasteiger partial charge is 0.469 e. The van der Waals surface area contributed by atoms with Crippen LogP contribution in [0.1, 0.15) is 65.7 Å². The van der Waals surface area contributed by atoms with Gasteiger partial charge in [-0.15, -0.1) is 0 Å². The van der Waals surface area contributed by atoms with Gasteiger partial charge in [-0.2, -0.15) is 13.2 Å². The van der Waals surface area contributed by atoms with E-state index in [4.69, 9.17) is 20.3 Å². The lowest BCUT2D eigenvalue weighted by molar-refractivity contribution is -0.174. The molecule has 1 aliphatic carbocycles. The molecule has 0 radical (unpaired) electrons. The molecule has 0 heterocycles. The average molecular weight is 502 g/mol. The van der Waals surface area contributed by atoms with E-state index in [9.17, 15) is 22.8 Å². The second kappa shape index (κ2) is 13.3. The fourth-order valence-corrected chi connectivity index (χ4v) is 4.00. The van der Waals surface area contributed by atoms with Crippen LogP contribution in [0.25, 0.3) is 0 Å². The van der Waals surface area contributed by atoms with Crippen LogP contribution in [0.15, 0.2) is 23.5 Å². The Morgan fingerprint density at radius 1 is 1.18 bits per heavy atom. The summed E-state index contributed by atoms with van der Waals surface area (Å²) >= 11 is 0.